The molecule has 1 atom stereocenters. The monoisotopic (exact) mass is 327 g/mol. The number of hydrogen-bond acceptors (Lipinski definition) is 3. The number of methoxy groups -OCH3 is 1. The van der Waals surface area contributed by atoms with Crippen molar-refractivity contribution < 1.29 is 14.3 Å². The molecule has 0 saturated heterocycles. The van der Waals surface area contributed by atoms with E-state index in [1.54, 1.807) is 26.2 Å². The number of rotatable bonds is 8. The molecule has 0 bridgehead atoms. The average molecular weight is 327 g/mol. The van der Waals surface area contributed by atoms with E-state index in [2.05, 4.69) is 24.4 Å². The minimum atomic E-state index is -0.600. The molecule has 0 saturated carbocycles. The lowest BCUT2D eigenvalue weighted by Crippen LogP contribution is -2.30. The molecule has 2 rings (SSSR count). The number of carbonyl (C=O) groups excluding carboxylic acids is 1. The highest BCUT2D eigenvalue weighted by Gasteiger charge is 2.15. The molecule has 4 nitrogen and oxygen atoms in total. The molecule has 4 heteroatoms. The number of unbranched alkanes of at least 4 members (excludes halogenated alkanes) is 1. The maximum atomic E-state index is 12.3. The van der Waals surface area contributed by atoms with Gasteiger partial charge in [0.2, 0.25) is 0 Å². The van der Waals surface area contributed by atoms with Gasteiger partial charge in [-0.25, -0.2) is 0 Å². The zero-order valence-electron chi connectivity index (χ0n) is 14.5. The van der Waals surface area contributed by atoms with Crippen molar-refractivity contribution in [3.63, 3.8) is 0 Å². The third-order valence-corrected chi connectivity index (χ3v) is 3.76. The summed E-state index contributed by atoms with van der Waals surface area (Å²) in [6, 6.07) is 15.2. The number of amides is 1. The molecular weight excluding hydrogens is 302 g/mol. The zero-order valence-corrected chi connectivity index (χ0v) is 14.5. The van der Waals surface area contributed by atoms with Crippen LogP contribution >= 0.6 is 0 Å². The summed E-state index contributed by atoms with van der Waals surface area (Å²) < 4.78 is 10.8. The van der Waals surface area contributed by atoms with Gasteiger partial charge in [0.15, 0.2) is 6.10 Å². The van der Waals surface area contributed by atoms with E-state index in [1.165, 1.54) is 18.4 Å². The third-order valence-electron chi connectivity index (χ3n) is 3.76. The topological polar surface area (TPSA) is 47.6 Å². The molecule has 0 aliphatic carbocycles. The van der Waals surface area contributed by atoms with Crippen molar-refractivity contribution in [1.82, 2.24) is 0 Å². The standard InChI is InChI=1S/C20H25NO3/c1-4-5-7-16-10-12-17(13-11-16)21-20(22)15(2)24-19-9-6-8-18(14-19)23-3/h6,8-15H,4-5,7H2,1-3H3,(H,21,22)/t15-/m0/s1. The summed E-state index contributed by atoms with van der Waals surface area (Å²) in [4.78, 5) is 12.3. The molecule has 0 spiro atoms. The molecule has 0 heterocycles. The van der Waals surface area contributed by atoms with E-state index in [4.69, 9.17) is 9.47 Å². The number of benzene rings is 2. The Kier molecular flexibility index (Phi) is 6.67. The quantitative estimate of drug-likeness (QED) is 0.779. The predicted molar refractivity (Wildman–Crippen MR) is 96.8 cm³/mol. The Morgan fingerprint density at radius 2 is 1.83 bits per heavy atom. The van der Waals surface area contributed by atoms with Gasteiger partial charge in [-0.3, -0.25) is 4.79 Å². The van der Waals surface area contributed by atoms with Gasteiger partial charge < -0.3 is 14.8 Å². The Labute approximate surface area is 143 Å². The van der Waals surface area contributed by atoms with E-state index in [0.29, 0.717) is 11.5 Å². The molecule has 1 N–H and O–H groups in total. The largest absolute Gasteiger partial charge is 0.497 e. The summed E-state index contributed by atoms with van der Waals surface area (Å²) in [5, 5.41) is 2.88. The van der Waals surface area contributed by atoms with Crippen LogP contribution in [0.3, 0.4) is 0 Å². The Bertz CT molecular complexity index is 652. The number of ether oxygens (including phenoxy) is 2. The lowest BCUT2D eigenvalue weighted by molar-refractivity contribution is -0.122. The minimum absolute atomic E-state index is 0.181. The first-order valence-electron chi connectivity index (χ1n) is 8.33. The highest BCUT2D eigenvalue weighted by molar-refractivity contribution is 5.94. The van der Waals surface area contributed by atoms with Crippen molar-refractivity contribution in [3.05, 3.63) is 54.1 Å². The first kappa shape index (κ1) is 17.9. The first-order valence-corrected chi connectivity index (χ1v) is 8.33. The lowest BCUT2D eigenvalue weighted by atomic mass is 10.1. The van der Waals surface area contributed by atoms with Crippen molar-refractivity contribution in [2.75, 3.05) is 12.4 Å². The van der Waals surface area contributed by atoms with Gasteiger partial charge in [0, 0.05) is 11.8 Å². The number of hydrogen-bond donors (Lipinski definition) is 1. The summed E-state index contributed by atoms with van der Waals surface area (Å²) in [6.07, 6.45) is 2.83. The van der Waals surface area contributed by atoms with Crippen LogP contribution in [0.1, 0.15) is 32.3 Å². The highest BCUT2D eigenvalue weighted by atomic mass is 16.5. The molecule has 24 heavy (non-hydrogen) atoms. The van der Waals surface area contributed by atoms with Crippen LogP contribution in [0.5, 0.6) is 11.5 Å². The Morgan fingerprint density at radius 1 is 1.12 bits per heavy atom. The van der Waals surface area contributed by atoms with E-state index < -0.39 is 6.10 Å². The van der Waals surface area contributed by atoms with Crippen molar-refractivity contribution in [1.29, 1.82) is 0 Å². The summed E-state index contributed by atoms with van der Waals surface area (Å²) in [5.41, 5.74) is 2.07. The Hall–Kier alpha value is -2.49. The van der Waals surface area contributed by atoms with Gasteiger partial charge in [-0.15, -0.1) is 0 Å². The van der Waals surface area contributed by atoms with E-state index in [9.17, 15) is 4.79 Å². The van der Waals surface area contributed by atoms with Gasteiger partial charge in [0.05, 0.1) is 7.11 Å². The van der Waals surface area contributed by atoms with Gasteiger partial charge in [-0.2, -0.15) is 0 Å². The molecular formula is C20H25NO3. The van der Waals surface area contributed by atoms with Crippen LogP contribution < -0.4 is 14.8 Å². The minimum Gasteiger partial charge on any atom is -0.497 e. The van der Waals surface area contributed by atoms with Crippen molar-refractivity contribution in [2.24, 2.45) is 0 Å². The smallest absolute Gasteiger partial charge is 0.265 e. The average Bonchev–Trinajstić information content (AvgIpc) is 2.61. The maximum Gasteiger partial charge on any atom is 0.265 e. The zero-order chi connectivity index (χ0) is 17.4. The fourth-order valence-corrected chi connectivity index (χ4v) is 2.31. The van der Waals surface area contributed by atoms with Gasteiger partial charge >= 0.3 is 0 Å². The molecule has 128 valence electrons. The normalized spacial score (nSPS) is 11.6. The molecule has 0 fully saturated rings. The van der Waals surface area contributed by atoms with Gasteiger partial charge in [-0.1, -0.05) is 31.5 Å². The van der Waals surface area contributed by atoms with Crippen LogP contribution in [0.15, 0.2) is 48.5 Å². The van der Waals surface area contributed by atoms with Crippen LogP contribution in [-0.4, -0.2) is 19.1 Å². The molecule has 0 aliphatic rings. The van der Waals surface area contributed by atoms with Crippen molar-refractivity contribution in [3.8, 4) is 11.5 Å². The molecule has 0 aliphatic heterocycles. The Morgan fingerprint density at radius 3 is 2.50 bits per heavy atom. The van der Waals surface area contributed by atoms with Gasteiger partial charge in [-0.05, 0) is 49.6 Å². The van der Waals surface area contributed by atoms with E-state index in [1.807, 2.05) is 24.3 Å². The third kappa shape index (κ3) is 5.30. The van der Waals surface area contributed by atoms with E-state index in [-0.39, 0.29) is 5.91 Å². The number of anilines is 1. The summed E-state index contributed by atoms with van der Waals surface area (Å²) in [6.45, 7) is 3.91. The van der Waals surface area contributed by atoms with Gasteiger partial charge in [0.25, 0.3) is 5.91 Å². The molecule has 0 radical (unpaired) electrons. The van der Waals surface area contributed by atoms with E-state index in [0.717, 1.165) is 12.1 Å². The first-order chi connectivity index (χ1) is 11.6. The lowest BCUT2D eigenvalue weighted by Gasteiger charge is -2.15. The second-order valence-electron chi connectivity index (χ2n) is 5.73. The summed E-state index contributed by atoms with van der Waals surface area (Å²) in [5.74, 6) is 1.12. The number of carbonyl (C=O) groups is 1. The molecule has 0 aromatic heterocycles. The molecule has 1 amide bonds. The van der Waals surface area contributed by atoms with Crippen LogP contribution in [0.4, 0.5) is 5.69 Å². The molecule has 2 aromatic rings. The SMILES string of the molecule is CCCCc1ccc(NC(=O)[C@H](C)Oc2cccc(OC)c2)cc1. The second-order valence-corrected chi connectivity index (χ2v) is 5.73. The van der Waals surface area contributed by atoms with Crippen molar-refractivity contribution >= 4 is 11.6 Å². The van der Waals surface area contributed by atoms with Crippen LogP contribution in [0, 0.1) is 0 Å². The fourth-order valence-electron chi connectivity index (χ4n) is 2.31. The second kappa shape index (κ2) is 8.96. The molecule has 2 aromatic carbocycles. The Balaban J connectivity index is 1.90. The summed E-state index contributed by atoms with van der Waals surface area (Å²) in [7, 11) is 1.60. The van der Waals surface area contributed by atoms with Crippen LogP contribution in [-0.2, 0) is 11.2 Å². The fraction of sp³-hybridized carbons (Fsp3) is 0.350. The number of nitrogens with one attached hydrogen (secondary N) is 1. The van der Waals surface area contributed by atoms with E-state index >= 15 is 0 Å². The maximum absolute atomic E-state index is 12.3. The van der Waals surface area contributed by atoms with Crippen molar-refractivity contribution in [2.45, 2.75) is 39.2 Å². The van der Waals surface area contributed by atoms with Crippen LogP contribution in [0.2, 0.25) is 0 Å². The summed E-state index contributed by atoms with van der Waals surface area (Å²) >= 11 is 0. The highest BCUT2D eigenvalue weighted by Crippen LogP contribution is 2.20. The number of aryl methyl sites for hydroxylation is 1. The predicted octanol–water partition coefficient (Wildman–Crippen LogP) is 4.44. The van der Waals surface area contributed by atoms with Gasteiger partial charge in [0.1, 0.15) is 11.5 Å². The molecule has 0 unspecified atom stereocenters. The van der Waals surface area contributed by atoms with Crippen LogP contribution in [0.25, 0.3) is 0 Å².